The van der Waals surface area contributed by atoms with E-state index in [-0.39, 0.29) is 29.8 Å². The molecule has 7 rings (SSSR count). The van der Waals surface area contributed by atoms with Crippen molar-refractivity contribution < 1.29 is 14.0 Å². The third-order valence-corrected chi connectivity index (χ3v) is 9.06. The van der Waals surface area contributed by atoms with Crippen LogP contribution >= 0.6 is 0 Å². The van der Waals surface area contributed by atoms with Gasteiger partial charge in [0, 0.05) is 48.1 Å². The fourth-order valence-electron chi connectivity index (χ4n) is 6.59. The quantitative estimate of drug-likeness (QED) is 0.381. The van der Waals surface area contributed by atoms with Crippen LogP contribution in [-0.2, 0) is 11.2 Å². The SMILES string of the molecule is C[C@@H]1c2ccccc2CCN1C(=O)c1cc(C2CC2)n2nc(-c3ccc(N4C[C@@H](C(N)=O)C[C@@H]4C)cc3F)cc2n1. The van der Waals surface area contributed by atoms with Crippen molar-refractivity contribution in [2.45, 2.75) is 57.5 Å². The highest BCUT2D eigenvalue weighted by molar-refractivity contribution is 5.93. The lowest BCUT2D eigenvalue weighted by Crippen LogP contribution is -2.39. The van der Waals surface area contributed by atoms with Gasteiger partial charge >= 0.3 is 0 Å². The zero-order valence-electron chi connectivity index (χ0n) is 23.3. The number of primary amides is 1. The Kier molecular flexibility index (Phi) is 6.06. The van der Waals surface area contributed by atoms with Crippen molar-refractivity contribution in [1.82, 2.24) is 19.5 Å². The van der Waals surface area contributed by atoms with Crippen LogP contribution < -0.4 is 10.6 Å². The molecule has 2 fully saturated rings. The lowest BCUT2D eigenvalue weighted by molar-refractivity contribution is -0.121. The fourth-order valence-corrected chi connectivity index (χ4v) is 6.59. The molecule has 1 saturated heterocycles. The first-order valence-electron chi connectivity index (χ1n) is 14.4. The summed E-state index contributed by atoms with van der Waals surface area (Å²) in [5.41, 5.74) is 11.4. The monoisotopic (exact) mass is 552 g/mol. The van der Waals surface area contributed by atoms with E-state index in [9.17, 15) is 9.59 Å². The second-order valence-corrected chi connectivity index (χ2v) is 11.8. The molecule has 3 atom stereocenters. The van der Waals surface area contributed by atoms with Crippen LogP contribution in [0, 0.1) is 11.7 Å². The summed E-state index contributed by atoms with van der Waals surface area (Å²) < 4.78 is 17.3. The number of aromatic nitrogens is 3. The number of carbonyl (C=O) groups is 2. The molecule has 1 saturated carbocycles. The van der Waals surface area contributed by atoms with E-state index in [1.54, 1.807) is 16.6 Å². The van der Waals surface area contributed by atoms with Crippen LogP contribution in [0.4, 0.5) is 10.1 Å². The molecule has 8 nitrogen and oxygen atoms in total. The Labute approximate surface area is 238 Å². The van der Waals surface area contributed by atoms with Crippen molar-refractivity contribution in [3.8, 4) is 11.3 Å². The molecule has 4 aromatic rings. The second-order valence-electron chi connectivity index (χ2n) is 11.8. The molecule has 2 aromatic heterocycles. The summed E-state index contributed by atoms with van der Waals surface area (Å²) in [5.74, 6) is -0.744. The van der Waals surface area contributed by atoms with Gasteiger partial charge in [0.15, 0.2) is 5.65 Å². The van der Waals surface area contributed by atoms with E-state index >= 15 is 4.39 Å². The van der Waals surface area contributed by atoms with Crippen LogP contribution in [0.3, 0.4) is 0 Å². The number of amides is 2. The first kappa shape index (κ1) is 25.7. The van der Waals surface area contributed by atoms with E-state index in [0.29, 0.717) is 53.7 Å². The molecule has 9 heteroatoms. The van der Waals surface area contributed by atoms with Crippen LogP contribution in [0.1, 0.15) is 72.4 Å². The summed E-state index contributed by atoms with van der Waals surface area (Å²) >= 11 is 0. The van der Waals surface area contributed by atoms with E-state index in [2.05, 4.69) is 19.1 Å². The molecule has 41 heavy (non-hydrogen) atoms. The Morgan fingerprint density at radius 3 is 2.59 bits per heavy atom. The molecule has 0 radical (unpaired) electrons. The largest absolute Gasteiger partial charge is 0.369 e. The molecule has 1 aliphatic carbocycles. The summed E-state index contributed by atoms with van der Waals surface area (Å²) in [7, 11) is 0. The molecule has 0 bridgehead atoms. The predicted octanol–water partition coefficient (Wildman–Crippen LogP) is 4.87. The number of carbonyl (C=O) groups excluding carboxylic acids is 2. The maximum Gasteiger partial charge on any atom is 0.273 e. The lowest BCUT2D eigenvalue weighted by Gasteiger charge is -2.35. The number of benzene rings is 2. The normalized spacial score (nSPS) is 22.3. The molecule has 210 valence electrons. The summed E-state index contributed by atoms with van der Waals surface area (Å²) in [6.07, 6.45) is 3.53. The van der Waals surface area contributed by atoms with E-state index < -0.39 is 5.82 Å². The number of hydrogen-bond acceptors (Lipinski definition) is 5. The Balaban J connectivity index is 1.21. The van der Waals surface area contributed by atoms with Crippen LogP contribution in [-0.4, -0.2) is 50.4 Å². The summed E-state index contributed by atoms with van der Waals surface area (Å²) in [6, 6.07) is 17.1. The molecule has 2 aromatic carbocycles. The fraction of sp³-hybridized carbons (Fsp3) is 0.375. The maximum absolute atomic E-state index is 15.5. The van der Waals surface area contributed by atoms with Crippen LogP contribution in [0.5, 0.6) is 0 Å². The minimum Gasteiger partial charge on any atom is -0.369 e. The van der Waals surface area contributed by atoms with Gasteiger partial charge in [-0.2, -0.15) is 5.10 Å². The predicted molar refractivity (Wildman–Crippen MR) is 154 cm³/mol. The van der Waals surface area contributed by atoms with Crippen LogP contribution in [0.25, 0.3) is 16.9 Å². The highest BCUT2D eigenvalue weighted by Gasteiger charge is 2.34. The first-order valence-corrected chi connectivity index (χ1v) is 14.4. The summed E-state index contributed by atoms with van der Waals surface area (Å²) in [4.78, 5) is 34.1. The van der Waals surface area contributed by atoms with Gasteiger partial charge in [-0.15, -0.1) is 0 Å². The molecule has 2 amide bonds. The highest BCUT2D eigenvalue weighted by Crippen LogP contribution is 2.41. The van der Waals surface area contributed by atoms with E-state index in [0.717, 1.165) is 25.0 Å². The van der Waals surface area contributed by atoms with Crippen molar-refractivity contribution in [1.29, 1.82) is 0 Å². The number of anilines is 1. The Bertz CT molecular complexity index is 1700. The van der Waals surface area contributed by atoms with Gasteiger partial charge in [0.1, 0.15) is 11.5 Å². The Morgan fingerprint density at radius 1 is 1.05 bits per heavy atom. The topological polar surface area (TPSA) is 96.8 Å². The number of hydrogen-bond donors (Lipinski definition) is 1. The van der Waals surface area contributed by atoms with E-state index in [1.165, 1.54) is 17.2 Å². The average molecular weight is 553 g/mol. The molecular formula is C32H33FN6O2. The Morgan fingerprint density at radius 2 is 1.85 bits per heavy atom. The van der Waals surface area contributed by atoms with Crippen LogP contribution in [0.15, 0.2) is 54.6 Å². The molecule has 3 aliphatic rings. The van der Waals surface area contributed by atoms with Gasteiger partial charge < -0.3 is 15.5 Å². The number of nitrogens with two attached hydrogens (primary N) is 1. The Hall–Kier alpha value is -4.27. The zero-order valence-corrected chi connectivity index (χ0v) is 23.3. The van der Waals surface area contributed by atoms with Gasteiger partial charge in [-0.25, -0.2) is 13.9 Å². The summed E-state index contributed by atoms with van der Waals surface area (Å²) in [6.45, 7) is 5.21. The molecule has 4 heterocycles. The number of nitrogens with zero attached hydrogens (tertiary/aromatic N) is 5. The average Bonchev–Trinajstić information content (AvgIpc) is 3.60. The third kappa shape index (κ3) is 4.44. The molecule has 0 spiro atoms. The van der Waals surface area contributed by atoms with Crippen molar-refractivity contribution in [2.75, 3.05) is 18.0 Å². The highest BCUT2D eigenvalue weighted by atomic mass is 19.1. The number of halogens is 1. The van der Waals surface area contributed by atoms with Gasteiger partial charge in [-0.3, -0.25) is 9.59 Å². The minimum atomic E-state index is -0.397. The molecule has 2 aliphatic heterocycles. The molecule has 2 N–H and O–H groups in total. The van der Waals surface area contributed by atoms with Gasteiger partial charge in [-0.05, 0) is 74.9 Å². The smallest absolute Gasteiger partial charge is 0.273 e. The first-order chi connectivity index (χ1) is 19.8. The van der Waals surface area contributed by atoms with Crippen molar-refractivity contribution in [2.24, 2.45) is 11.7 Å². The van der Waals surface area contributed by atoms with E-state index in [1.807, 2.05) is 41.0 Å². The number of rotatable bonds is 5. The molecular weight excluding hydrogens is 519 g/mol. The van der Waals surface area contributed by atoms with E-state index in [4.69, 9.17) is 15.8 Å². The van der Waals surface area contributed by atoms with Gasteiger partial charge in [-0.1, -0.05) is 24.3 Å². The zero-order chi connectivity index (χ0) is 28.4. The lowest BCUT2D eigenvalue weighted by atomic mass is 9.93. The minimum absolute atomic E-state index is 0.0421. The number of fused-ring (bicyclic) bond motifs is 2. The van der Waals surface area contributed by atoms with Crippen molar-refractivity contribution in [3.63, 3.8) is 0 Å². The van der Waals surface area contributed by atoms with Crippen molar-refractivity contribution in [3.05, 3.63) is 82.9 Å². The van der Waals surface area contributed by atoms with Crippen LogP contribution in [0.2, 0.25) is 0 Å². The van der Waals surface area contributed by atoms with Gasteiger partial charge in [0.05, 0.1) is 17.7 Å². The van der Waals surface area contributed by atoms with Crippen molar-refractivity contribution >= 4 is 23.1 Å². The third-order valence-electron chi connectivity index (χ3n) is 9.06. The van der Waals surface area contributed by atoms with Gasteiger partial charge in [0.25, 0.3) is 5.91 Å². The molecule has 0 unspecified atom stereocenters. The van der Waals surface area contributed by atoms with Gasteiger partial charge in [0.2, 0.25) is 5.91 Å². The second kappa shape index (κ2) is 9.68. The standard InChI is InChI=1S/C32H33FN6O2/c1-18-13-22(31(34)40)17-38(18)23-9-10-25(26(33)14-23)27-16-30-35-28(15-29(21-7-8-21)39(30)36-27)32(41)37-12-11-20-5-3-4-6-24(20)19(37)2/h3-6,9-10,14-16,18-19,21-22H,7-8,11-13,17H2,1-2H3,(H2,34,40)/t18-,19+,22-/m0/s1. The maximum atomic E-state index is 15.5. The summed E-state index contributed by atoms with van der Waals surface area (Å²) in [5, 5.41) is 4.75.